The zero-order valence-corrected chi connectivity index (χ0v) is 29.4. The van der Waals surface area contributed by atoms with E-state index in [2.05, 4.69) is 158 Å². The molecule has 0 radical (unpaired) electrons. The van der Waals surface area contributed by atoms with Crippen molar-refractivity contribution >= 4 is 31.5 Å². The maximum absolute atomic E-state index is 7.38. The minimum atomic E-state index is -1.92. The normalized spacial score (nSPS) is 25.5. The Balaban J connectivity index is 1.55. The van der Waals surface area contributed by atoms with Gasteiger partial charge in [-0.15, -0.1) is 0 Å². The predicted molar refractivity (Wildman–Crippen MR) is 190 cm³/mol. The van der Waals surface area contributed by atoms with Gasteiger partial charge in [-0.2, -0.15) is 0 Å². The van der Waals surface area contributed by atoms with Crippen molar-refractivity contribution in [1.29, 1.82) is 0 Å². The fourth-order valence-corrected chi connectivity index (χ4v) is 15.4. The molecule has 5 rings (SSSR count). The molecule has 2 heterocycles. The molecule has 0 saturated carbocycles. The number of rotatable bonds is 12. The van der Waals surface area contributed by atoms with Gasteiger partial charge in [-0.05, 0) is 87.0 Å². The Morgan fingerprint density at radius 3 is 1.67 bits per heavy atom. The molecule has 0 aliphatic carbocycles. The lowest BCUT2D eigenvalue weighted by Crippen LogP contribution is -2.62. The summed E-state index contributed by atoms with van der Waals surface area (Å²) in [4.78, 5) is 0. The molecule has 0 amide bonds. The van der Waals surface area contributed by atoms with Crippen LogP contribution in [0.25, 0.3) is 0 Å². The van der Waals surface area contributed by atoms with Crippen molar-refractivity contribution in [3.63, 3.8) is 0 Å². The predicted octanol–water partition coefficient (Wildman–Crippen LogP) is 9.22. The molecule has 2 fully saturated rings. The average molecular weight is 612 g/mol. The molecule has 4 heteroatoms. The van der Waals surface area contributed by atoms with Crippen molar-refractivity contribution in [2.45, 2.75) is 96.7 Å². The van der Waals surface area contributed by atoms with Crippen molar-refractivity contribution in [3.8, 4) is 0 Å². The highest BCUT2D eigenvalue weighted by Gasteiger charge is 2.69. The first-order valence-electron chi connectivity index (χ1n) is 16.4. The Morgan fingerprint density at radius 2 is 1.26 bits per heavy atom. The van der Waals surface area contributed by atoms with Gasteiger partial charge in [0.2, 0.25) is 0 Å². The number of hydrogen-bond donors (Lipinski definition) is 0. The molecule has 0 spiro atoms. The van der Waals surface area contributed by atoms with Crippen LogP contribution in [0.2, 0.25) is 18.1 Å². The summed E-state index contributed by atoms with van der Waals surface area (Å²) in [5, 5.41) is 4.25. The third-order valence-electron chi connectivity index (χ3n) is 10.7. The minimum absolute atomic E-state index is 0.00564. The Morgan fingerprint density at radius 1 is 0.791 bits per heavy atom. The lowest BCUT2D eigenvalue weighted by Gasteiger charge is -2.52. The summed E-state index contributed by atoms with van der Waals surface area (Å²) < 4.78 is 14.3. The van der Waals surface area contributed by atoms with Gasteiger partial charge < -0.3 is 9.16 Å². The fourth-order valence-electron chi connectivity index (χ4n) is 8.14. The molecule has 3 aromatic rings. The van der Waals surface area contributed by atoms with Crippen LogP contribution in [-0.4, -0.2) is 31.8 Å². The van der Waals surface area contributed by atoms with Gasteiger partial charge in [0, 0.05) is 11.8 Å². The monoisotopic (exact) mass is 611 g/mol. The molecule has 0 aromatic heterocycles. The Kier molecular flexibility index (Phi) is 9.41. The summed E-state index contributed by atoms with van der Waals surface area (Å²) >= 11 is 0. The van der Waals surface area contributed by atoms with E-state index in [0.29, 0.717) is 0 Å². The second kappa shape index (κ2) is 12.6. The smallest absolute Gasteiger partial charge is 0.192 e. The maximum atomic E-state index is 7.38. The van der Waals surface area contributed by atoms with E-state index in [1.807, 2.05) is 0 Å². The number of ether oxygens (including phenoxy) is 1. The van der Waals surface area contributed by atoms with Crippen molar-refractivity contribution in [2.24, 2.45) is 5.41 Å². The first-order chi connectivity index (χ1) is 20.6. The van der Waals surface area contributed by atoms with Crippen LogP contribution in [0.5, 0.6) is 0 Å². The number of allylic oxidation sites excluding steroid dienone is 3. The summed E-state index contributed by atoms with van der Waals surface area (Å²) in [5.74, 6) is 0. The van der Waals surface area contributed by atoms with Crippen LogP contribution in [0.1, 0.15) is 61.3 Å². The van der Waals surface area contributed by atoms with E-state index in [9.17, 15) is 0 Å². The van der Waals surface area contributed by atoms with Crippen LogP contribution in [-0.2, 0) is 9.16 Å². The van der Waals surface area contributed by atoms with Crippen LogP contribution >= 0.6 is 7.26 Å². The fraction of sp³-hybridized carbons (Fsp3) is 0.436. The Hall–Kier alpha value is -2.29. The van der Waals surface area contributed by atoms with Gasteiger partial charge in [0.25, 0.3) is 0 Å². The van der Waals surface area contributed by atoms with E-state index >= 15 is 0 Å². The zero-order valence-electron chi connectivity index (χ0n) is 27.5. The number of benzene rings is 3. The summed E-state index contributed by atoms with van der Waals surface area (Å²) in [6, 6.07) is 36.9. The van der Waals surface area contributed by atoms with E-state index in [-0.39, 0.29) is 17.1 Å². The topological polar surface area (TPSA) is 18.5 Å². The maximum Gasteiger partial charge on any atom is 0.192 e. The highest BCUT2D eigenvalue weighted by atomic mass is 31.2. The first kappa shape index (κ1) is 32.1. The van der Waals surface area contributed by atoms with Crippen molar-refractivity contribution < 1.29 is 9.16 Å². The molecule has 2 aliphatic rings. The molecule has 0 N–H and O–H groups in total. The van der Waals surface area contributed by atoms with E-state index in [0.717, 1.165) is 37.1 Å². The van der Waals surface area contributed by atoms with Crippen LogP contribution in [0.15, 0.2) is 115 Å². The Labute approximate surface area is 263 Å². The Bertz CT molecular complexity index is 1310. The van der Waals surface area contributed by atoms with E-state index in [1.54, 1.807) is 0 Å². The van der Waals surface area contributed by atoms with Crippen molar-refractivity contribution in [3.05, 3.63) is 115 Å². The number of hydrogen-bond acceptors (Lipinski definition) is 2. The highest BCUT2D eigenvalue weighted by Crippen LogP contribution is 2.63. The summed E-state index contributed by atoms with van der Waals surface area (Å²) in [6.45, 7) is 16.4. The molecule has 3 atom stereocenters. The first-order valence-corrected chi connectivity index (χ1v) is 20.9. The molecule has 228 valence electrons. The molecular formula is C39H52O2PSi+. The van der Waals surface area contributed by atoms with E-state index < -0.39 is 21.2 Å². The molecule has 2 nitrogen and oxygen atoms in total. The second-order valence-corrected chi connectivity index (χ2v) is 21.8. The minimum Gasteiger partial charge on any atom is -0.408 e. The van der Waals surface area contributed by atoms with Gasteiger partial charge >= 0.3 is 0 Å². The van der Waals surface area contributed by atoms with Crippen molar-refractivity contribution in [1.82, 2.24) is 0 Å². The SMILES string of the molecule is CC[Si](CC)(CC)O[C@]1(C)C[C@@H]2CC(C)(C)[C@@]1(/C=C/C(C)=C/C[P+](c1ccccc1)(c1ccccc1)c1ccccc1)O2. The molecule has 43 heavy (non-hydrogen) atoms. The molecule has 2 aliphatic heterocycles. The van der Waals surface area contributed by atoms with Crippen LogP contribution < -0.4 is 15.9 Å². The largest absolute Gasteiger partial charge is 0.408 e. The van der Waals surface area contributed by atoms with E-state index in [1.165, 1.54) is 21.5 Å². The van der Waals surface area contributed by atoms with Crippen LogP contribution in [0.3, 0.4) is 0 Å². The standard InChI is InChI=1S/C39H52O2PSi/c1-8-43(9-2,10-3)41-38(7)31-33-30-37(5,6)39(38,40-33)28-26-32(4)27-29-42(34-20-14-11-15-21-34,35-22-16-12-17-23-35)36-24-18-13-19-25-36/h11-28,33H,8-10,29-31H2,1-7H3/q+1/b28-26+,32-27+/t33-,38+,39+/m0/s1. The highest BCUT2D eigenvalue weighted by molar-refractivity contribution is 7.95. The molecule has 2 bridgehead atoms. The van der Waals surface area contributed by atoms with E-state index in [4.69, 9.17) is 9.16 Å². The summed E-state index contributed by atoms with van der Waals surface area (Å²) in [5.41, 5.74) is 0.552. The number of fused-ring (bicyclic) bond motifs is 2. The third-order valence-corrected chi connectivity index (χ3v) is 19.8. The molecular weight excluding hydrogens is 559 g/mol. The van der Waals surface area contributed by atoms with Crippen molar-refractivity contribution in [2.75, 3.05) is 6.16 Å². The zero-order chi connectivity index (χ0) is 30.8. The van der Waals surface area contributed by atoms with Gasteiger partial charge in [0.1, 0.15) is 28.8 Å². The van der Waals surface area contributed by atoms with Crippen LogP contribution in [0, 0.1) is 5.41 Å². The lowest BCUT2D eigenvalue weighted by molar-refractivity contribution is -0.106. The van der Waals surface area contributed by atoms with Gasteiger partial charge in [-0.3, -0.25) is 0 Å². The van der Waals surface area contributed by atoms with Crippen LogP contribution in [0.4, 0.5) is 0 Å². The summed E-state index contributed by atoms with van der Waals surface area (Å²) in [7, 11) is -3.76. The third kappa shape index (κ3) is 5.68. The van der Waals surface area contributed by atoms with Gasteiger partial charge in [-0.1, -0.05) is 101 Å². The second-order valence-electron chi connectivity index (χ2n) is 13.6. The quantitative estimate of drug-likeness (QED) is 0.115. The molecule has 3 aromatic carbocycles. The average Bonchev–Trinajstić information content (AvgIpc) is 3.46. The van der Waals surface area contributed by atoms with Gasteiger partial charge in [0.15, 0.2) is 8.32 Å². The summed E-state index contributed by atoms with van der Waals surface area (Å²) in [6.07, 6.45) is 10.5. The molecule has 2 saturated heterocycles. The van der Waals surface area contributed by atoms with Gasteiger partial charge in [-0.25, -0.2) is 0 Å². The molecule has 0 unspecified atom stereocenters. The van der Waals surface area contributed by atoms with Gasteiger partial charge in [0.05, 0.1) is 17.9 Å². The lowest BCUT2D eigenvalue weighted by atomic mass is 9.61.